The van der Waals surface area contributed by atoms with E-state index >= 15 is 0 Å². The van der Waals surface area contributed by atoms with Gasteiger partial charge in [-0.15, -0.1) is 0 Å². The van der Waals surface area contributed by atoms with Gasteiger partial charge in [0.2, 0.25) is 0 Å². The molecule has 4 rings (SSSR count). The van der Waals surface area contributed by atoms with Crippen molar-refractivity contribution >= 4 is 11.8 Å². The molecule has 0 aliphatic rings. The first kappa shape index (κ1) is 18.9. The third-order valence-corrected chi connectivity index (χ3v) is 4.45. The molecule has 4 aromatic rings. The Kier molecular flexibility index (Phi) is 5.25. The first-order valence-corrected chi connectivity index (χ1v) is 9.23. The van der Waals surface area contributed by atoms with E-state index in [1.165, 1.54) is 16.8 Å². The minimum atomic E-state index is -0.629. The fourth-order valence-electron chi connectivity index (χ4n) is 2.97. The first-order valence-electron chi connectivity index (χ1n) is 9.23. The lowest BCUT2D eigenvalue weighted by molar-refractivity contribution is 0.0840. The van der Waals surface area contributed by atoms with Crippen LogP contribution in [0.3, 0.4) is 0 Å². The zero-order chi connectivity index (χ0) is 20.9. The number of nitrogens with one attached hydrogen (secondary N) is 2. The van der Waals surface area contributed by atoms with Crippen molar-refractivity contribution < 1.29 is 14.7 Å². The Balaban J connectivity index is 1.62. The number of benzene rings is 3. The molecule has 0 fully saturated rings. The third kappa shape index (κ3) is 3.90. The number of hydrazine groups is 1. The Labute approximate surface area is 172 Å². The van der Waals surface area contributed by atoms with E-state index < -0.39 is 11.8 Å². The van der Waals surface area contributed by atoms with Crippen molar-refractivity contribution in [2.24, 2.45) is 0 Å². The molecule has 0 saturated carbocycles. The molecule has 2 amide bonds. The number of aromatic nitrogens is 2. The molecule has 0 saturated heterocycles. The summed E-state index contributed by atoms with van der Waals surface area (Å²) >= 11 is 0. The molecule has 0 unspecified atom stereocenters. The largest absolute Gasteiger partial charge is 0.507 e. The van der Waals surface area contributed by atoms with E-state index in [0.29, 0.717) is 11.4 Å². The SMILES string of the molecule is O=C(NNC(=O)c1cc(-c2ccccc2)nn1-c1ccccc1)c1ccccc1O. The molecule has 7 heteroatoms. The van der Waals surface area contributed by atoms with Gasteiger partial charge in [-0.25, -0.2) is 4.68 Å². The lowest BCUT2D eigenvalue weighted by Crippen LogP contribution is -2.42. The number of aromatic hydroxyl groups is 1. The van der Waals surface area contributed by atoms with E-state index in [-0.39, 0.29) is 17.0 Å². The molecule has 0 atom stereocenters. The van der Waals surface area contributed by atoms with Gasteiger partial charge in [0, 0.05) is 5.56 Å². The van der Waals surface area contributed by atoms with Crippen molar-refractivity contribution in [3.8, 4) is 22.7 Å². The number of para-hydroxylation sites is 2. The molecule has 7 nitrogen and oxygen atoms in total. The number of hydrogen-bond donors (Lipinski definition) is 3. The molecule has 30 heavy (non-hydrogen) atoms. The molecule has 0 aliphatic heterocycles. The van der Waals surface area contributed by atoms with Crippen LogP contribution in [0.25, 0.3) is 16.9 Å². The van der Waals surface area contributed by atoms with Gasteiger partial charge < -0.3 is 5.11 Å². The summed E-state index contributed by atoms with van der Waals surface area (Å²) in [6.07, 6.45) is 0. The number of carbonyl (C=O) groups is 2. The number of hydrogen-bond acceptors (Lipinski definition) is 4. The molecular formula is C23H18N4O3. The van der Waals surface area contributed by atoms with E-state index in [9.17, 15) is 14.7 Å². The Morgan fingerprint density at radius 1 is 0.767 bits per heavy atom. The fraction of sp³-hybridized carbons (Fsp3) is 0. The van der Waals surface area contributed by atoms with Crippen LogP contribution in [-0.4, -0.2) is 26.7 Å². The predicted octanol–water partition coefficient (Wildman–Crippen LogP) is 3.32. The zero-order valence-electron chi connectivity index (χ0n) is 15.8. The maximum absolute atomic E-state index is 12.9. The molecule has 148 valence electrons. The molecule has 0 radical (unpaired) electrons. The zero-order valence-corrected chi connectivity index (χ0v) is 15.8. The van der Waals surface area contributed by atoms with E-state index in [1.807, 2.05) is 60.7 Å². The van der Waals surface area contributed by atoms with Gasteiger partial charge in [0.1, 0.15) is 11.4 Å². The van der Waals surface area contributed by atoms with Crippen molar-refractivity contribution in [2.75, 3.05) is 0 Å². The standard InChI is InChI=1S/C23H18N4O3/c28-21-14-8-7-13-18(21)22(29)24-25-23(30)20-15-19(16-9-3-1-4-10-16)26-27(20)17-11-5-2-6-12-17/h1-15,28H,(H,24,29)(H,25,30). The molecule has 1 heterocycles. The quantitative estimate of drug-likeness (QED) is 0.460. The predicted molar refractivity (Wildman–Crippen MR) is 112 cm³/mol. The second-order valence-corrected chi connectivity index (χ2v) is 6.45. The minimum absolute atomic E-state index is 0.0549. The van der Waals surface area contributed by atoms with E-state index in [4.69, 9.17) is 0 Å². The highest BCUT2D eigenvalue weighted by Gasteiger charge is 2.19. The summed E-state index contributed by atoms with van der Waals surface area (Å²) in [6.45, 7) is 0. The summed E-state index contributed by atoms with van der Waals surface area (Å²) in [5.74, 6) is -1.35. The number of phenolic OH excluding ortho intramolecular Hbond substituents is 1. The number of nitrogens with zero attached hydrogens (tertiary/aromatic N) is 2. The molecule has 0 aliphatic carbocycles. The highest BCUT2D eigenvalue weighted by molar-refractivity contribution is 6.00. The van der Waals surface area contributed by atoms with Crippen molar-refractivity contribution in [1.82, 2.24) is 20.6 Å². The van der Waals surface area contributed by atoms with Crippen molar-refractivity contribution in [3.63, 3.8) is 0 Å². The second-order valence-electron chi connectivity index (χ2n) is 6.45. The highest BCUT2D eigenvalue weighted by Crippen LogP contribution is 2.21. The van der Waals surface area contributed by atoms with Gasteiger partial charge >= 0.3 is 0 Å². The van der Waals surface area contributed by atoms with Crippen LogP contribution < -0.4 is 10.9 Å². The number of phenols is 1. The summed E-state index contributed by atoms with van der Waals surface area (Å²) in [5.41, 5.74) is 7.21. The van der Waals surface area contributed by atoms with Gasteiger partial charge in [0.15, 0.2) is 0 Å². The van der Waals surface area contributed by atoms with Crippen LogP contribution in [0.15, 0.2) is 91.0 Å². The highest BCUT2D eigenvalue weighted by atomic mass is 16.3. The molecular weight excluding hydrogens is 380 g/mol. The van der Waals surface area contributed by atoms with E-state index in [1.54, 1.807) is 18.2 Å². The van der Waals surface area contributed by atoms with Crippen LogP contribution >= 0.6 is 0 Å². The van der Waals surface area contributed by atoms with Crippen molar-refractivity contribution in [3.05, 3.63) is 102 Å². The van der Waals surface area contributed by atoms with Crippen LogP contribution in [0.5, 0.6) is 5.75 Å². The number of amides is 2. The topological polar surface area (TPSA) is 96.3 Å². The number of carbonyl (C=O) groups excluding carboxylic acids is 2. The van der Waals surface area contributed by atoms with Crippen LogP contribution in [0.2, 0.25) is 0 Å². The first-order chi connectivity index (χ1) is 14.6. The maximum Gasteiger partial charge on any atom is 0.288 e. The Bertz CT molecular complexity index is 1190. The number of rotatable bonds is 4. The summed E-state index contributed by atoms with van der Waals surface area (Å²) < 4.78 is 1.52. The Morgan fingerprint density at radius 2 is 1.37 bits per heavy atom. The monoisotopic (exact) mass is 398 g/mol. The summed E-state index contributed by atoms with van der Waals surface area (Å²) in [7, 11) is 0. The summed E-state index contributed by atoms with van der Waals surface area (Å²) in [5, 5.41) is 14.4. The van der Waals surface area contributed by atoms with Crippen LogP contribution in [0.1, 0.15) is 20.8 Å². The normalized spacial score (nSPS) is 10.4. The molecule has 0 spiro atoms. The maximum atomic E-state index is 12.9. The van der Waals surface area contributed by atoms with E-state index in [2.05, 4.69) is 16.0 Å². The van der Waals surface area contributed by atoms with Crippen molar-refractivity contribution in [2.45, 2.75) is 0 Å². The van der Waals surface area contributed by atoms with Gasteiger partial charge in [0.05, 0.1) is 16.9 Å². The second kappa shape index (κ2) is 8.32. The minimum Gasteiger partial charge on any atom is -0.507 e. The molecule has 0 bridgehead atoms. The lowest BCUT2D eigenvalue weighted by atomic mass is 10.1. The smallest absolute Gasteiger partial charge is 0.288 e. The Morgan fingerprint density at radius 3 is 2.07 bits per heavy atom. The average Bonchev–Trinajstić information content (AvgIpc) is 3.24. The van der Waals surface area contributed by atoms with Gasteiger partial charge in [-0.05, 0) is 30.3 Å². The fourth-order valence-corrected chi connectivity index (χ4v) is 2.97. The molecule has 3 aromatic carbocycles. The van der Waals surface area contributed by atoms with Crippen LogP contribution in [0, 0.1) is 0 Å². The van der Waals surface area contributed by atoms with Crippen LogP contribution in [-0.2, 0) is 0 Å². The molecule has 1 aromatic heterocycles. The summed E-state index contributed by atoms with van der Waals surface area (Å²) in [6, 6.07) is 26.5. The van der Waals surface area contributed by atoms with Gasteiger partial charge in [-0.3, -0.25) is 20.4 Å². The van der Waals surface area contributed by atoms with Crippen LogP contribution in [0.4, 0.5) is 0 Å². The Hall–Kier alpha value is -4.39. The van der Waals surface area contributed by atoms with E-state index in [0.717, 1.165) is 5.56 Å². The average molecular weight is 398 g/mol. The van der Waals surface area contributed by atoms with Crippen molar-refractivity contribution in [1.29, 1.82) is 0 Å². The molecule has 3 N–H and O–H groups in total. The third-order valence-electron chi connectivity index (χ3n) is 4.45. The van der Waals surface area contributed by atoms with Gasteiger partial charge in [-0.2, -0.15) is 5.10 Å². The van der Waals surface area contributed by atoms with Gasteiger partial charge in [-0.1, -0.05) is 60.7 Å². The lowest BCUT2D eigenvalue weighted by Gasteiger charge is -2.10. The van der Waals surface area contributed by atoms with Gasteiger partial charge in [0.25, 0.3) is 11.8 Å². The summed E-state index contributed by atoms with van der Waals surface area (Å²) in [4.78, 5) is 25.1.